The molecular weight excluding hydrogens is 256 g/mol. The lowest BCUT2D eigenvalue weighted by Gasteiger charge is -2.20. The molecule has 6 heteroatoms. The Morgan fingerprint density at radius 2 is 2.35 bits per heavy atom. The van der Waals surface area contributed by atoms with Gasteiger partial charge in [-0.3, -0.25) is 4.79 Å². The summed E-state index contributed by atoms with van der Waals surface area (Å²) in [5, 5.41) is 2.89. The van der Waals surface area contributed by atoms with E-state index in [1.54, 1.807) is 31.8 Å². The number of imidazole rings is 1. The van der Waals surface area contributed by atoms with Crippen molar-refractivity contribution in [3.8, 4) is 5.88 Å². The van der Waals surface area contributed by atoms with Crippen molar-refractivity contribution in [3.05, 3.63) is 36.0 Å². The van der Waals surface area contributed by atoms with E-state index in [-0.39, 0.29) is 11.8 Å². The summed E-state index contributed by atoms with van der Waals surface area (Å²) < 4.78 is 4.99. The third-order valence-corrected chi connectivity index (χ3v) is 3.57. The van der Waals surface area contributed by atoms with Gasteiger partial charge in [-0.1, -0.05) is 0 Å². The number of aryl methyl sites for hydroxylation is 1. The molecule has 2 N–H and O–H groups in total. The van der Waals surface area contributed by atoms with Gasteiger partial charge in [0.25, 0.3) is 0 Å². The number of aromatic nitrogens is 3. The average Bonchev–Trinajstić information content (AvgIpc) is 2.95. The summed E-state index contributed by atoms with van der Waals surface area (Å²) in [6, 6.07) is 3.51. The maximum absolute atomic E-state index is 12.2. The van der Waals surface area contributed by atoms with Crippen LogP contribution in [0.4, 0.5) is 5.69 Å². The molecule has 20 heavy (non-hydrogen) atoms. The minimum atomic E-state index is -0.0231. The second-order valence-corrected chi connectivity index (χ2v) is 4.85. The molecule has 0 aromatic carbocycles. The zero-order valence-corrected chi connectivity index (χ0v) is 11.2. The minimum absolute atomic E-state index is 0.0231. The SMILES string of the molecule is COc1ccc(NC(=O)[C@@H]2CCc3nc[nH]c3C2)cn1. The highest BCUT2D eigenvalue weighted by atomic mass is 16.5. The molecule has 2 heterocycles. The molecule has 104 valence electrons. The maximum atomic E-state index is 12.2. The third-order valence-electron chi connectivity index (χ3n) is 3.57. The van der Waals surface area contributed by atoms with E-state index in [0.29, 0.717) is 18.0 Å². The molecule has 0 radical (unpaired) electrons. The zero-order chi connectivity index (χ0) is 13.9. The van der Waals surface area contributed by atoms with Gasteiger partial charge in [0, 0.05) is 24.1 Å². The number of aromatic amines is 1. The van der Waals surface area contributed by atoms with Crippen LogP contribution in [0.15, 0.2) is 24.7 Å². The first-order valence-electron chi connectivity index (χ1n) is 6.58. The third kappa shape index (κ3) is 2.49. The van der Waals surface area contributed by atoms with E-state index < -0.39 is 0 Å². The van der Waals surface area contributed by atoms with Crippen molar-refractivity contribution in [3.63, 3.8) is 0 Å². The Morgan fingerprint density at radius 3 is 3.10 bits per heavy atom. The number of anilines is 1. The van der Waals surface area contributed by atoms with E-state index >= 15 is 0 Å². The van der Waals surface area contributed by atoms with Crippen molar-refractivity contribution in [1.82, 2.24) is 15.0 Å². The lowest BCUT2D eigenvalue weighted by molar-refractivity contribution is -0.120. The number of rotatable bonds is 3. The number of carbonyl (C=O) groups excluding carboxylic acids is 1. The quantitative estimate of drug-likeness (QED) is 0.888. The second-order valence-electron chi connectivity index (χ2n) is 4.85. The standard InChI is InChI=1S/C14H16N4O2/c1-20-13-5-3-10(7-15-13)18-14(19)9-2-4-11-12(6-9)17-8-16-11/h3,5,7-9H,2,4,6H2,1H3,(H,16,17)(H,18,19)/t9-/m1/s1. The smallest absolute Gasteiger partial charge is 0.227 e. The first-order valence-corrected chi connectivity index (χ1v) is 6.58. The monoisotopic (exact) mass is 272 g/mol. The largest absolute Gasteiger partial charge is 0.481 e. The van der Waals surface area contributed by atoms with Crippen LogP contribution < -0.4 is 10.1 Å². The van der Waals surface area contributed by atoms with Gasteiger partial charge < -0.3 is 15.0 Å². The number of fused-ring (bicyclic) bond motifs is 1. The van der Waals surface area contributed by atoms with Crippen LogP contribution in [-0.2, 0) is 17.6 Å². The number of ether oxygens (including phenoxy) is 1. The second kappa shape index (κ2) is 5.32. The molecule has 0 aliphatic heterocycles. The number of nitrogens with zero attached hydrogens (tertiary/aromatic N) is 2. The average molecular weight is 272 g/mol. The van der Waals surface area contributed by atoms with Gasteiger partial charge in [0.15, 0.2) is 0 Å². The van der Waals surface area contributed by atoms with Crippen LogP contribution >= 0.6 is 0 Å². The molecule has 3 rings (SSSR count). The molecule has 0 unspecified atom stereocenters. The van der Waals surface area contributed by atoms with Crippen LogP contribution in [0.5, 0.6) is 5.88 Å². The number of H-pyrrole nitrogens is 1. The molecule has 0 saturated heterocycles. The Hall–Kier alpha value is -2.37. The number of methoxy groups -OCH3 is 1. The van der Waals surface area contributed by atoms with Crippen molar-refractivity contribution in [2.24, 2.45) is 5.92 Å². The van der Waals surface area contributed by atoms with Crippen molar-refractivity contribution in [1.29, 1.82) is 0 Å². The van der Waals surface area contributed by atoms with Crippen LogP contribution in [0.2, 0.25) is 0 Å². The van der Waals surface area contributed by atoms with Gasteiger partial charge >= 0.3 is 0 Å². The van der Waals surface area contributed by atoms with Gasteiger partial charge in [-0.25, -0.2) is 9.97 Å². The first-order chi connectivity index (χ1) is 9.76. The minimum Gasteiger partial charge on any atom is -0.481 e. The van der Waals surface area contributed by atoms with Crippen molar-refractivity contribution < 1.29 is 9.53 Å². The molecule has 2 aromatic rings. The molecule has 1 aliphatic rings. The summed E-state index contributed by atoms with van der Waals surface area (Å²) in [6.07, 6.45) is 5.68. The van der Waals surface area contributed by atoms with Gasteiger partial charge in [0.05, 0.1) is 31.0 Å². The van der Waals surface area contributed by atoms with Gasteiger partial charge in [-0.2, -0.15) is 0 Å². The Bertz CT molecular complexity index is 606. The predicted molar refractivity (Wildman–Crippen MR) is 73.5 cm³/mol. The van der Waals surface area contributed by atoms with Gasteiger partial charge in [-0.15, -0.1) is 0 Å². The highest BCUT2D eigenvalue weighted by molar-refractivity contribution is 5.92. The fourth-order valence-electron chi connectivity index (χ4n) is 2.44. The van der Waals surface area contributed by atoms with Crippen molar-refractivity contribution in [2.75, 3.05) is 12.4 Å². The molecule has 6 nitrogen and oxygen atoms in total. The molecule has 0 spiro atoms. The number of pyridine rings is 1. The predicted octanol–water partition coefficient (Wildman–Crippen LogP) is 1.56. The Kier molecular flexibility index (Phi) is 3.37. The molecule has 2 aromatic heterocycles. The normalized spacial score (nSPS) is 17.4. The Labute approximate surface area is 116 Å². The van der Waals surface area contributed by atoms with Gasteiger partial charge in [0.1, 0.15) is 0 Å². The topological polar surface area (TPSA) is 79.9 Å². The van der Waals surface area contributed by atoms with E-state index in [0.717, 1.165) is 24.2 Å². The first kappa shape index (κ1) is 12.7. The summed E-state index contributed by atoms with van der Waals surface area (Å²) in [5.41, 5.74) is 2.84. The summed E-state index contributed by atoms with van der Waals surface area (Å²) in [7, 11) is 1.56. The van der Waals surface area contributed by atoms with E-state index in [1.807, 2.05) is 0 Å². The van der Waals surface area contributed by atoms with Crippen molar-refractivity contribution >= 4 is 11.6 Å². The zero-order valence-electron chi connectivity index (χ0n) is 11.2. The molecule has 1 atom stereocenters. The number of hydrogen-bond donors (Lipinski definition) is 2. The highest BCUT2D eigenvalue weighted by Crippen LogP contribution is 2.24. The summed E-state index contributed by atoms with van der Waals surface area (Å²) in [4.78, 5) is 23.7. The van der Waals surface area contributed by atoms with E-state index in [2.05, 4.69) is 20.3 Å². The molecular formula is C14H16N4O2. The molecule has 0 bridgehead atoms. The Balaban J connectivity index is 1.65. The van der Waals surface area contributed by atoms with E-state index in [4.69, 9.17) is 4.74 Å². The number of nitrogens with one attached hydrogen (secondary N) is 2. The lowest BCUT2D eigenvalue weighted by Crippen LogP contribution is -2.28. The number of amides is 1. The van der Waals surface area contributed by atoms with Crippen LogP contribution in [0, 0.1) is 5.92 Å². The molecule has 0 fully saturated rings. The van der Waals surface area contributed by atoms with E-state index in [9.17, 15) is 4.79 Å². The highest BCUT2D eigenvalue weighted by Gasteiger charge is 2.26. The van der Waals surface area contributed by atoms with Crippen LogP contribution in [0.1, 0.15) is 17.8 Å². The molecule has 1 aliphatic carbocycles. The van der Waals surface area contributed by atoms with Crippen LogP contribution in [0.3, 0.4) is 0 Å². The van der Waals surface area contributed by atoms with Gasteiger partial charge in [0.2, 0.25) is 11.8 Å². The summed E-state index contributed by atoms with van der Waals surface area (Å²) >= 11 is 0. The number of carbonyl (C=O) groups is 1. The summed E-state index contributed by atoms with van der Waals surface area (Å²) in [5.74, 6) is 0.532. The van der Waals surface area contributed by atoms with Crippen molar-refractivity contribution in [2.45, 2.75) is 19.3 Å². The summed E-state index contributed by atoms with van der Waals surface area (Å²) in [6.45, 7) is 0. The van der Waals surface area contributed by atoms with Gasteiger partial charge in [-0.05, 0) is 18.9 Å². The molecule has 0 saturated carbocycles. The lowest BCUT2D eigenvalue weighted by atomic mass is 9.89. The Morgan fingerprint density at radius 1 is 1.45 bits per heavy atom. The number of hydrogen-bond acceptors (Lipinski definition) is 4. The maximum Gasteiger partial charge on any atom is 0.227 e. The fraction of sp³-hybridized carbons (Fsp3) is 0.357. The van der Waals surface area contributed by atoms with E-state index in [1.165, 1.54) is 0 Å². The molecule has 1 amide bonds. The fourth-order valence-corrected chi connectivity index (χ4v) is 2.44. The van der Waals surface area contributed by atoms with Crippen LogP contribution in [-0.4, -0.2) is 28.0 Å². The van der Waals surface area contributed by atoms with Crippen LogP contribution in [0.25, 0.3) is 0 Å².